The smallest absolute Gasteiger partial charge is 0.412 e. The number of amides is 3. The molecule has 2 aromatic carbocycles. The van der Waals surface area contributed by atoms with Gasteiger partial charge in [0.05, 0.1) is 21.3 Å². The zero-order valence-electron chi connectivity index (χ0n) is 21.1. The van der Waals surface area contributed by atoms with Gasteiger partial charge in [-0.25, -0.2) is 9.79 Å². The van der Waals surface area contributed by atoms with E-state index in [-0.39, 0.29) is 24.3 Å². The van der Waals surface area contributed by atoms with Crippen LogP contribution in [0.1, 0.15) is 37.3 Å². The van der Waals surface area contributed by atoms with Crippen molar-refractivity contribution in [2.45, 2.75) is 32.6 Å². The number of nitrogens with one attached hydrogen (secondary N) is 2. The van der Waals surface area contributed by atoms with Crippen LogP contribution in [0.5, 0.6) is 23.0 Å². The number of methoxy groups -OCH3 is 3. The maximum atomic E-state index is 12.3. The van der Waals surface area contributed by atoms with Gasteiger partial charge in [-0.3, -0.25) is 9.59 Å². The Balaban J connectivity index is 2.04. The molecule has 0 radical (unpaired) electrons. The van der Waals surface area contributed by atoms with Gasteiger partial charge in [0.1, 0.15) is 5.75 Å². The second-order valence-electron chi connectivity index (χ2n) is 8.17. The molecule has 0 aliphatic heterocycles. The maximum absolute atomic E-state index is 12.3. The van der Waals surface area contributed by atoms with Crippen LogP contribution < -0.4 is 29.6 Å². The van der Waals surface area contributed by atoms with Crippen molar-refractivity contribution in [3.63, 3.8) is 0 Å². The summed E-state index contributed by atoms with van der Waals surface area (Å²) >= 11 is 0. The van der Waals surface area contributed by atoms with E-state index in [0.717, 1.165) is 22.3 Å². The van der Waals surface area contributed by atoms with Gasteiger partial charge in [-0.05, 0) is 47.7 Å². The lowest BCUT2D eigenvalue weighted by Crippen LogP contribution is -2.35. The van der Waals surface area contributed by atoms with Crippen LogP contribution in [0.3, 0.4) is 0 Å². The highest BCUT2D eigenvalue weighted by Crippen LogP contribution is 2.51. The highest BCUT2D eigenvalue weighted by atomic mass is 16.6. The average molecular weight is 498 g/mol. The van der Waals surface area contributed by atoms with E-state index in [1.165, 1.54) is 13.8 Å². The Morgan fingerprint density at radius 2 is 1.72 bits per heavy atom. The summed E-state index contributed by atoms with van der Waals surface area (Å²) in [7, 11) is 4.69. The second kappa shape index (κ2) is 12.1. The summed E-state index contributed by atoms with van der Waals surface area (Å²) in [5.74, 6) is 1.19. The first-order valence-corrected chi connectivity index (χ1v) is 11.5. The number of fused-ring (bicyclic) bond motifs is 3. The second-order valence-corrected chi connectivity index (χ2v) is 8.17. The first kappa shape index (κ1) is 26.5. The number of benzene rings is 2. The zero-order chi connectivity index (χ0) is 26.2. The Morgan fingerprint density at radius 3 is 2.36 bits per heavy atom. The van der Waals surface area contributed by atoms with Gasteiger partial charge in [-0.15, -0.1) is 0 Å². The molecule has 10 heteroatoms. The topological polar surface area (TPSA) is 125 Å². The van der Waals surface area contributed by atoms with Gasteiger partial charge in [-0.2, -0.15) is 0 Å². The van der Waals surface area contributed by atoms with E-state index in [1.807, 2.05) is 12.1 Å². The highest BCUT2D eigenvalue weighted by molar-refractivity contribution is 5.90. The van der Waals surface area contributed by atoms with Crippen LogP contribution in [0, 0.1) is 0 Å². The molecule has 36 heavy (non-hydrogen) atoms. The Bertz CT molecular complexity index is 1180. The van der Waals surface area contributed by atoms with Gasteiger partial charge in [0.2, 0.25) is 17.6 Å². The third-order valence-corrected chi connectivity index (χ3v) is 5.74. The molecule has 1 aliphatic carbocycles. The molecular weight excluding hydrogens is 466 g/mol. The molecule has 0 bridgehead atoms. The molecule has 2 N–H and O–H groups in total. The molecule has 0 spiro atoms. The lowest BCUT2D eigenvalue weighted by atomic mass is 9.91. The van der Waals surface area contributed by atoms with Crippen LogP contribution >= 0.6 is 0 Å². The Morgan fingerprint density at radius 1 is 1.00 bits per heavy atom. The minimum Gasteiger partial charge on any atom is -0.493 e. The fourth-order valence-electron chi connectivity index (χ4n) is 4.20. The van der Waals surface area contributed by atoms with Crippen LogP contribution in [-0.2, 0) is 16.0 Å². The number of ether oxygens (including phenoxy) is 4. The van der Waals surface area contributed by atoms with E-state index in [0.29, 0.717) is 42.4 Å². The van der Waals surface area contributed by atoms with Crippen molar-refractivity contribution < 1.29 is 33.3 Å². The summed E-state index contributed by atoms with van der Waals surface area (Å²) < 4.78 is 22.4. The predicted octanol–water partition coefficient (Wildman–Crippen LogP) is 3.25. The molecule has 0 saturated heterocycles. The summed E-state index contributed by atoms with van der Waals surface area (Å²) in [6.45, 7) is 3.31. The zero-order valence-corrected chi connectivity index (χ0v) is 21.1. The molecule has 1 aliphatic rings. The fourth-order valence-corrected chi connectivity index (χ4v) is 4.20. The molecule has 0 heterocycles. The summed E-state index contributed by atoms with van der Waals surface area (Å²) in [6.07, 6.45) is 2.30. The minimum absolute atomic E-state index is 0.181. The number of aryl methyl sites for hydroxylation is 1. The van der Waals surface area contributed by atoms with Crippen molar-refractivity contribution in [3.05, 3.63) is 35.4 Å². The van der Waals surface area contributed by atoms with Gasteiger partial charge in [0, 0.05) is 44.6 Å². The highest BCUT2D eigenvalue weighted by Gasteiger charge is 2.29. The molecule has 192 valence electrons. The SMILES string of the molecule is COc1cc2c(c(OC)c1OC)-c1ccc(OC(=O)NCCNC(C)=O)cc1C(C=NC(C)=O)CC2. The van der Waals surface area contributed by atoms with Gasteiger partial charge in [0.15, 0.2) is 11.5 Å². The lowest BCUT2D eigenvalue weighted by Gasteiger charge is -2.20. The molecule has 10 nitrogen and oxygen atoms in total. The number of hydrogen-bond acceptors (Lipinski definition) is 7. The van der Waals surface area contributed by atoms with E-state index < -0.39 is 6.09 Å². The predicted molar refractivity (Wildman–Crippen MR) is 134 cm³/mol. The number of hydrogen-bond donors (Lipinski definition) is 2. The van der Waals surface area contributed by atoms with Crippen molar-refractivity contribution in [2.24, 2.45) is 4.99 Å². The molecule has 1 atom stereocenters. The third-order valence-electron chi connectivity index (χ3n) is 5.74. The van der Waals surface area contributed by atoms with Crippen LogP contribution in [-0.4, -0.2) is 58.5 Å². The minimum atomic E-state index is -0.646. The summed E-state index contributed by atoms with van der Waals surface area (Å²) in [4.78, 5) is 38.9. The summed E-state index contributed by atoms with van der Waals surface area (Å²) in [6, 6.07) is 7.24. The van der Waals surface area contributed by atoms with Crippen molar-refractivity contribution in [1.82, 2.24) is 10.6 Å². The van der Waals surface area contributed by atoms with E-state index in [9.17, 15) is 14.4 Å². The van der Waals surface area contributed by atoms with E-state index in [4.69, 9.17) is 18.9 Å². The standard InChI is InChI=1S/C26H31N3O7/c1-15(30)27-10-11-28-26(32)36-19-8-9-20-21(13-19)18(14-29-16(2)31)7-6-17-12-22(33-3)24(34-4)25(35-5)23(17)20/h8-9,12-14,18H,6-7,10-11H2,1-5H3,(H,27,30)(H,28,32). The Labute approximate surface area is 210 Å². The largest absolute Gasteiger partial charge is 0.493 e. The first-order chi connectivity index (χ1) is 17.3. The van der Waals surface area contributed by atoms with Crippen LogP contribution in [0.4, 0.5) is 4.79 Å². The van der Waals surface area contributed by atoms with E-state index in [1.54, 1.807) is 39.7 Å². The third kappa shape index (κ3) is 6.12. The normalized spacial score (nSPS) is 14.2. The number of rotatable bonds is 8. The molecule has 1 unspecified atom stereocenters. The van der Waals surface area contributed by atoms with Crippen molar-refractivity contribution in [3.8, 4) is 34.1 Å². The quantitative estimate of drug-likeness (QED) is 0.424. The maximum Gasteiger partial charge on any atom is 0.412 e. The Hall–Kier alpha value is -4.08. The van der Waals surface area contributed by atoms with E-state index >= 15 is 0 Å². The van der Waals surface area contributed by atoms with Crippen LogP contribution in [0.15, 0.2) is 29.3 Å². The van der Waals surface area contributed by atoms with Gasteiger partial charge < -0.3 is 29.6 Å². The van der Waals surface area contributed by atoms with Gasteiger partial charge in [0.25, 0.3) is 0 Å². The lowest BCUT2D eigenvalue weighted by molar-refractivity contribution is -0.119. The van der Waals surface area contributed by atoms with Crippen molar-refractivity contribution in [1.29, 1.82) is 0 Å². The monoisotopic (exact) mass is 497 g/mol. The Kier molecular flexibility index (Phi) is 8.88. The van der Waals surface area contributed by atoms with Gasteiger partial charge in [-0.1, -0.05) is 6.07 Å². The molecular formula is C26H31N3O7. The first-order valence-electron chi connectivity index (χ1n) is 11.5. The number of nitrogens with zero attached hydrogens (tertiary/aromatic N) is 1. The van der Waals surface area contributed by atoms with Crippen molar-refractivity contribution in [2.75, 3.05) is 34.4 Å². The van der Waals surface area contributed by atoms with Crippen molar-refractivity contribution >= 4 is 24.1 Å². The molecule has 0 aromatic heterocycles. The number of aliphatic imine (C=N–C) groups is 1. The summed E-state index contributed by atoms with van der Waals surface area (Å²) in [5, 5.41) is 5.19. The number of carbonyl (C=O) groups excluding carboxylic acids is 3. The average Bonchev–Trinajstić information content (AvgIpc) is 3.00. The molecule has 3 amide bonds. The van der Waals surface area contributed by atoms with Gasteiger partial charge >= 0.3 is 6.09 Å². The molecule has 0 fully saturated rings. The fraction of sp³-hybridized carbons (Fsp3) is 0.385. The van der Waals surface area contributed by atoms with Crippen LogP contribution in [0.2, 0.25) is 0 Å². The van der Waals surface area contributed by atoms with E-state index in [2.05, 4.69) is 15.6 Å². The molecule has 3 rings (SSSR count). The summed E-state index contributed by atoms with van der Waals surface area (Å²) in [5.41, 5.74) is 3.51. The molecule has 0 saturated carbocycles. The molecule has 2 aromatic rings. The van der Waals surface area contributed by atoms with Crippen LogP contribution in [0.25, 0.3) is 11.1 Å². The number of carbonyl (C=O) groups is 3.